The average molecular weight is 332 g/mol. The van der Waals surface area contributed by atoms with E-state index >= 15 is 0 Å². The van der Waals surface area contributed by atoms with Gasteiger partial charge in [-0.3, -0.25) is 0 Å². The summed E-state index contributed by atoms with van der Waals surface area (Å²) < 4.78 is 0. The normalized spacial score (nSPS) is 16.9. The Labute approximate surface area is 139 Å². The van der Waals surface area contributed by atoms with Crippen LogP contribution in [0.1, 0.15) is 30.2 Å². The van der Waals surface area contributed by atoms with Crippen LogP contribution in [-0.2, 0) is 12.8 Å². The minimum Gasteiger partial charge on any atom is -0.383 e. The number of benzene rings is 1. The molecule has 2 aromatic rings. The number of pyridine rings is 1. The van der Waals surface area contributed by atoms with Crippen LogP contribution in [0.2, 0.25) is 10.0 Å². The van der Waals surface area contributed by atoms with Gasteiger partial charge >= 0.3 is 0 Å². The molecule has 1 aromatic heterocycles. The topological polar surface area (TPSA) is 62.7 Å². The molecule has 0 spiro atoms. The molecule has 5 heteroatoms. The van der Waals surface area contributed by atoms with Gasteiger partial charge in [-0.1, -0.05) is 42.3 Å². The molecule has 1 atom stereocenters. The Hall–Kier alpha value is -1.76. The number of rotatable bonds is 1. The van der Waals surface area contributed by atoms with Crippen LogP contribution in [0.15, 0.2) is 18.2 Å². The molecule has 0 fully saturated rings. The lowest BCUT2D eigenvalue weighted by Gasteiger charge is -2.25. The maximum absolute atomic E-state index is 9.54. The van der Waals surface area contributed by atoms with Crippen molar-refractivity contribution in [2.45, 2.75) is 26.2 Å². The number of nitrogen functional groups attached to an aromatic ring is 1. The van der Waals surface area contributed by atoms with Crippen molar-refractivity contribution in [1.29, 1.82) is 5.26 Å². The highest BCUT2D eigenvalue weighted by Gasteiger charge is 2.26. The number of aryl methyl sites for hydroxylation is 1. The number of nitrogens with two attached hydrogens (primary N) is 1. The quantitative estimate of drug-likeness (QED) is 0.828. The summed E-state index contributed by atoms with van der Waals surface area (Å²) in [6, 6.07) is 7.63. The van der Waals surface area contributed by atoms with Gasteiger partial charge in [0, 0.05) is 16.8 Å². The van der Waals surface area contributed by atoms with E-state index in [0.717, 1.165) is 41.6 Å². The molecule has 112 valence electrons. The number of nitrogens with zero attached hydrogens (tertiary/aromatic N) is 2. The summed E-state index contributed by atoms with van der Waals surface area (Å²) in [7, 11) is 0. The number of anilines is 1. The van der Waals surface area contributed by atoms with Crippen LogP contribution < -0.4 is 5.73 Å². The minimum absolute atomic E-state index is 0.266. The fourth-order valence-corrected chi connectivity index (χ4v) is 3.45. The Bertz CT molecular complexity index is 793. The largest absolute Gasteiger partial charge is 0.383 e. The SMILES string of the molecule is CC1CCc2nc(N)c(C#N)c(-c3cccc(Cl)c3Cl)c2C1. The van der Waals surface area contributed by atoms with E-state index < -0.39 is 0 Å². The van der Waals surface area contributed by atoms with Crippen LogP contribution in [0.3, 0.4) is 0 Å². The molecule has 0 amide bonds. The molecule has 2 N–H and O–H groups in total. The van der Waals surface area contributed by atoms with Gasteiger partial charge in [-0.05, 0) is 36.8 Å². The van der Waals surface area contributed by atoms with Crippen molar-refractivity contribution in [2.75, 3.05) is 5.73 Å². The number of fused-ring (bicyclic) bond motifs is 1. The van der Waals surface area contributed by atoms with Crippen LogP contribution in [0, 0.1) is 17.2 Å². The van der Waals surface area contributed by atoms with E-state index in [1.807, 2.05) is 12.1 Å². The Morgan fingerprint density at radius 3 is 2.86 bits per heavy atom. The molecule has 1 unspecified atom stereocenters. The average Bonchev–Trinajstić information content (AvgIpc) is 2.49. The van der Waals surface area contributed by atoms with Crippen molar-refractivity contribution >= 4 is 29.0 Å². The smallest absolute Gasteiger partial charge is 0.142 e. The summed E-state index contributed by atoms with van der Waals surface area (Å²) in [5.41, 5.74) is 9.99. The van der Waals surface area contributed by atoms with Crippen molar-refractivity contribution in [3.63, 3.8) is 0 Å². The van der Waals surface area contributed by atoms with Gasteiger partial charge in [-0.15, -0.1) is 0 Å². The van der Waals surface area contributed by atoms with Gasteiger partial charge in [0.05, 0.1) is 10.0 Å². The minimum atomic E-state index is 0.266. The Balaban J connectivity index is 2.36. The highest BCUT2D eigenvalue weighted by atomic mass is 35.5. The van der Waals surface area contributed by atoms with E-state index in [0.29, 0.717) is 21.5 Å². The molecule has 22 heavy (non-hydrogen) atoms. The number of hydrogen-bond acceptors (Lipinski definition) is 3. The molecule has 3 rings (SSSR count). The van der Waals surface area contributed by atoms with Crippen molar-refractivity contribution < 1.29 is 0 Å². The standard InChI is InChI=1S/C17H15Cl2N3/c1-9-5-6-14-11(7-9)15(12(8-20)17(21)22-14)10-3-2-4-13(18)16(10)19/h2-4,9H,5-7H2,1H3,(H2,21,22). The van der Waals surface area contributed by atoms with E-state index in [2.05, 4.69) is 18.0 Å². The van der Waals surface area contributed by atoms with Crippen molar-refractivity contribution in [3.8, 4) is 17.2 Å². The Morgan fingerprint density at radius 2 is 2.14 bits per heavy atom. The molecular weight excluding hydrogens is 317 g/mol. The highest BCUT2D eigenvalue weighted by Crippen LogP contribution is 2.41. The predicted octanol–water partition coefficient (Wildman–Crippen LogP) is 4.63. The second-order valence-corrected chi connectivity index (χ2v) is 6.52. The van der Waals surface area contributed by atoms with E-state index in [-0.39, 0.29) is 5.82 Å². The Morgan fingerprint density at radius 1 is 1.36 bits per heavy atom. The first-order chi connectivity index (χ1) is 10.5. The molecular formula is C17H15Cl2N3. The fraction of sp³-hybridized carbons (Fsp3) is 0.294. The molecule has 0 bridgehead atoms. The number of aromatic nitrogens is 1. The molecule has 0 saturated heterocycles. The first-order valence-electron chi connectivity index (χ1n) is 7.18. The summed E-state index contributed by atoms with van der Waals surface area (Å²) in [5.74, 6) is 0.808. The van der Waals surface area contributed by atoms with Crippen molar-refractivity contribution in [1.82, 2.24) is 4.98 Å². The van der Waals surface area contributed by atoms with Gasteiger partial charge in [0.2, 0.25) is 0 Å². The van der Waals surface area contributed by atoms with Crippen LogP contribution in [0.4, 0.5) is 5.82 Å². The predicted molar refractivity (Wildman–Crippen MR) is 90.0 cm³/mol. The summed E-state index contributed by atoms with van der Waals surface area (Å²) in [6.07, 6.45) is 2.82. The second-order valence-electron chi connectivity index (χ2n) is 5.73. The molecule has 1 heterocycles. The summed E-state index contributed by atoms with van der Waals surface area (Å²) in [6.45, 7) is 2.20. The van der Waals surface area contributed by atoms with E-state index in [1.54, 1.807) is 6.07 Å². The summed E-state index contributed by atoms with van der Waals surface area (Å²) in [4.78, 5) is 4.44. The molecule has 0 radical (unpaired) electrons. The molecule has 0 aliphatic heterocycles. The van der Waals surface area contributed by atoms with E-state index in [9.17, 15) is 5.26 Å². The summed E-state index contributed by atoms with van der Waals surface area (Å²) in [5, 5.41) is 10.5. The van der Waals surface area contributed by atoms with Gasteiger partial charge < -0.3 is 5.73 Å². The lowest BCUT2D eigenvalue weighted by molar-refractivity contribution is 0.495. The van der Waals surface area contributed by atoms with Crippen molar-refractivity contribution in [2.24, 2.45) is 5.92 Å². The first kappa shape index (κ1) is 15.1. The second kappa shape index (κ2) is 5.79. The van der Waals surface area contributed by atoms with E-state index in [4.69, 9.17) is 28.9 Å². The monoisotopic (exact) mass is 331 g/mol. The fourth-order valence-electron chi connectivity index (χ4n) is 3.06. The van der Waals surface area contributed by atoms with Gasteiger partial charge in [0.1, 0.15) is 17.5 Å². The number of hydrogen-bond donors (Lipinski definition) is 1. The van der Waals surface area contributed by atoms with Crippen LogP contribution in [-0.4, -0.2) is 4.98 Å². The van der Waals surface area contributed by atoms with Gasteiger partial charge in [-0.25, -0.2) is 4.98 Å². The molecule has 1 aromatic carbocycles. The first-order valence-corrected chi connectivity index (χ1v) is 7.94. The third-order valence-electron chi connectivity index (χ3n) is 4.17. The maximum atomic E-state index is 9.54. The number of nitriles is 1. The third kappa shape index (κ3) is 2.43. The van der Waals surface area contributed by atoms with Gasteiger partial charge in [0.15, 0.2) is 0 Å². The molecule has 1 aliphatic rings. The zero-order valence-electron chi connectivity index (χ0n) is 12.2. The lowest BCUT2D eigenvalue weighted by Crippen LogP contribution is -2.17. The van der Waals surface area contributed by atoms with E-state index in [1.165, 1.54) is 0 Å². The van der Waals surface area contributed by atoms with Crippen LogP contribution in [0.25, 0.3) is 11.1 Å². The van der Waals surface area contributed by atoms with Gasteiger partial charge in [0.25, 0.3) is 0 Å². The summed E-state index contributed by atoms with van der Waals surface area (Å²) >= 11 is 12.5. The lowest BCUT2D eigenvalue weighted by atomic mass is 9.82. The zero-order valence-corrected chi connectivity index (χ0v) is 13.7. The molecule has 1 aliphatic carbocycles. The highest BCUT2D eigenvalue weighted by molar-refractivity contribution is 6.43. The third-order valence-corrected chi connectivity index (χ3v) is 4.99. The van der Waals surface area contributed by atoms with Crippen LogP contribution >= 0.6 is 23.2 Å². The van der Waals surface area contributed by atoms with Crippen molar-refractivity contribution in [3.05, 3.63) is 45.1 Å². The maximum Gasteiger partial charge on any atom is 0.142 e. The van der Waals surface area contributed by atoms with Crippen LogP contribution in [0.5, 0.6) is 0 Å². The zero-order chi connectivity index (χ0) is 15.9. The Kier molecular flexibility index (Phi) is 3.99. The molecule has 0 saturated carbocycles. The number of halogens is 2. The van der Waals surface area contributed by atoms with Gasteiger partial charge in [-0.2, -0.15) is 5.26 Å². The molecule has 3 nitrogen and oxygen atoms in total.